The van der Waals surface area contributed by atoms with E-state index in [0.29, 0.717) is 22.7 Å². The lowest BCUT2D eigenvalue weighted by molar-refractivity contribution is -0.132. The van der Waals surface area contributed by atoms with E-state index >= 15 is 0 Å². The number of rotatable bonds is 4. The number of anilines is 1. The molecule has 3 aromatic rings. The van der Waals surface area contributed by atoms with Crippen molar-refractivity contribution in [2.24, 2.45) is 0 Å². The van der Waals surface area contributed by atoms with Gasteiger partial charge in [-0.25, -0.2) is 0 Å². The number of halogens is 1. The molecule has 2 aromatic carbocycles. The van der Waals surface area contributed by atoms with Crippen molar-refractivity contribution in [1.82, 2.24) is 4.98 Å². The molecule has 1 unspecified atom stereocenters. The normalized spacial score (nSPS) is 18.4. The Kier molecular flexibility index (Phi) is 5.37. The van der Waals surface area contributed by atoms with Crippen LogP contribution < -0.4 is 19.1 Å². The van der Waals surface area contributed by atoms with Gasteiger partial charge in [0.25, 0.3) is 11.7 Å². The Bertz CT molecular complexity index is 1360. The minimum atomic E-state index is -0.924. The Labute approximate surface area is 200 Å². The summed E-state index contributed by atoms with van der Waals surface area (Å²) in [5.41, 5.74) is 1.88. The van der Waals surface area contributed by atoms with Gasteiger partial charge in [0.1, 0.15) is 11.5 Å². The van der Waals surface area contributed by atoms with E-state index in [1.165, 1.54) is 12.0 Å². The average Bonchev–Trinajstić information content (AvgIpc) is 3.40. The van der Waals surface area contributed by atoms with E-state index in [4.69, 9.17) is 25.8 Å². The van der Waals surface area contributed by atoms with Crippen LogP contribution in [-0.4, -0.2) is 35.7 Å². The number of hydrogen-bond donors (Lipinski definition) is 1. The van der Waals surface area contributed by atoms with Gasteiger partial charge in [-0.1, -0.05) is 11.6 Å². The van der Waals surface area contributed by atoms with Crippen molar-refractivity contribution in [3.05, 3.63) is 82.1 Å². The van der Waals surface area contributed by atoms with Gasteiger partial charge in [-0.15, -0.1) is 0 Å². The Morgan fingerprint density at radius 3 is 2.59 bits per heavy atom. The quantitative estimate of drug-likeness (QED) is 0.337. The number of Topliss-reactive ketones (excluding diaryl/α,β-unsaturated/α-hetero) is 1. The van der Waals surface area contributed by atoms with Gasteiger partial charge in [0, 0.05) is 24.1 Å². The number of carbonyl (C=O) groups is 2. The monoisotopic (exact) mass is 478 g/mol. The molecule has 8 nitrogen and oxygen atoms in total. The molecule has 1 atom stereocenters. The second-order valence-electron chi connectivity index (χ2n) is 7.81. The van der Waals surface area contributed by atoms with Gasteiger partial charge in [0.2, 0.25) is 6.79 Å². The molecule has 1 amide bonds. The Morgan fingerprint density at radius 2 is 1.85 bits per heavy atom. The molecule has 5 rings (SSSR count). The Morgan fingerprint density at radius 1 is 1.12 bits per heavy atom. The second kappa shape index (κ2) is 8.39. The number of pyridine rings is 1. The fourth-order valence-corrected chi connectivity index (χ4v) is 4.60. The molecule has 1 N–H and O–H groups in total. The number of nitrogens with zero attached hydrogens (tertiary/aromatic N) is 2. The zero-order valence-electron chi connectivity index (χ0n) is 18.2. The maximum Gasteiger partial charge on any atom is 0.300 e. The van der Waals surface area contributed by atoms with Crippen molar-refractivity contribution < 1.29 is 28.9 Å². The molecule has 172 valence electrons. The lowest BCUT2D eigenvalue weighted by atomic mass is 9.95. The summed E-state index contributed by atoms with van der Waals surface area (Å²) in [7, 11) is 1.42. The number of methoxy groups -OCH3 is 1. The van der Waals surface area contributed by atoms with Crippen LogP contribution in [0.5, 0.6) is 17.2 Å². The molecule has 1 fully saturated rings. The highest BCUT2D eigenvalue weighted by Crippen LogP contribution is 2.46. The van der Waals surface area contributed by atoms with Crippen LogP contribution in [0.25, 0.3) is 5.76 Å². The first-order valence-corrected chi connectivity index (χ1v) is 10.7. The van der Waals surface area contributed by atoms with Crippen LogP contribution in [0.4, 0.5) is 5.69 Å². The van der Waals surface area contributed by atoms with Crippen LogP contribution >= 0.6 is 11.6 Å². The molecule has 9 heteroatoms. The highest BCUT2D eigenvalue weighted by molar-refractivity contribution is 6.51. The van der Waals surface area contributed by atoms with Crippen LogP contribution in [0, 0.1) is 6.92 Å². The number of ketones is 1. The molecule has 3 heterocycles. The predicted octanol–water partition coefficient (Wildman–Crippen LogP) is 4.41. The molecule has 34 heavy (non-hydrogen) atoms. The molecule has 2 aliphatic rings. The summed E-state index contributed by atoms with van der Waals surface area (Å²) in [6, 6.07) is 10.7. The molecule has 0 saturated carbocycles. The van der Waals surface area contributed by atoms with Crippen molar-refractivity contribution in [2.75, 3.05) is 18.8 Å². The third-order valence-corrected chi connectivity index (χ3v) is 6.03. The summed E-state index contributed by atoms with van der Waals surface area (Å²) in [5.74, 6) is -0.810. The van der Waals surface area contributed by atoms with E-state index in [1.54, 1.807) is 61.8 Å². The lowest BCUT2D eigenvalue weighted by Gasteiger charge is -2.25. The number of aryl methyl sites for hydroxylation is 1. The molecular weight excluding hydrogens is 460 g/mol. The van der Waals surface area contributed by atoms with Crippen molar-refractivity contribution in [3.8, 4) is 17.2 Å². The maximum absolute atomic E-state index is 13.3. The van der Waals surface area contributed by atoms with Gasteiger partial charge < -0.3 is 19.3 Å². The van der Waals surface area contributed by atoms with E-state index < -0.39 is 17.7 Å². The van der Waals surface area contributed by atoms with Gasteiger partial charge >= 0.3 is 0 Å². The molecule has 0 bridgehead atoms. The second-order valence-corrected chi connectivity index (χ2v) is 8.22. The minimum absolute atomic E-state index is 0.0688. The fourth-order valence-electron chi connectivity index (χ4n) is 4.25. The minimum Gasteiger partial charge on any atom is -0.507 e. The number of amides is 1. The lowest BCUT2D eigenvalue weighted by Crippen LogP contribution is -2.29. The first-order valence-electron chi connectivity index (χ1n) is 10.4. The van der Waals surface area contributed by atoms with E-state index in [-0.39, 0.29) is 34.5 Å². The first-order chi connectivity index (χ1) is 16.4. The predicted molar refractivity (Wildman–Crippen MR) is 124 cm³/mol. The fraction of sp³-hybridized carbons (Fsp3) is 0.160. The number of benzene rings is 2. The topological polar surface area (TPSA) is 98.2 Å². The molecular formula is C25H19ClN2O6. The average molecular weight is 479 g/mol. The molecule has 0 spiro atoms. The molecule has 1 aromatic heterocycles. The largest absolute Gasteiger partial charge is 0.507 e. The van der Waals surface area contributed by atoms with Crippen molar-refractivity contribution in [3.63, 3.8) is 0 Å². The van der Waals surface area contributed by atoms with Gasteiger partial charge in [-0.3, -0.25) is 19.5 Å². The molecule has 0 aliphatic carbocycles. The van der Waals surface area contributed by atoms with Gasteiger partial charge in [0.05, 0.1) is 29.3 Å². The van der Waals surface area contributed by atoms with Gasteiger partial charge in [0.15, 0.2) is 11.5 Å². The van der Waals surface area contributed by atoms with Crippen molar-refractivity contribution in [2.45, 2.75) is 13.0 Å². The number of aromatic nitrogens is 1. The number of ether oxygens (including phenoxy) is 3. The Balaban J connectivity index is 1.74. The van der Waals surface area contributed by atoms with E-state index in [1.807, 2.05) is 0 Å². The number of fused-ring (bicyclic) bond motifs is 1. The van der Waals surface area contributed by atoms with Crippen LogP contribution in [-0.2, 0) is 9.59 Å². The van der Waals surface area contributed by atoms with Crippen molar-refractivity contribution in [1.29, 1.82) is 0 Å². The van der Waals surface area contributed by atoms with Crippen LogP contribution in [0.1, 0.15) is 22.7 Å². The van der Waals surface area contributed by atoms with Crippen LogP contribution in [0.15, 0.2) is 60.4 Å². The zero-order chi connectivity index (χ0) is 24.0. The third kappa shape index (κ3) is 3.43. The first kappa shape index (κ1) is 21.8. The Hall–Kier alpha value is -4.04. The zero-order valence-corrected chi connectivity index (χ0v) is 19.0. The summed E-state index contributed by atoms with van der Waals surface area (Å²) in [6.45, 7) is 1.87. The number of aliphatic hydroxyl groups excluding tert-OH is 1. The number of carbonyl (C=O) groups excluding carboxylic acids is 2. The third-order valence-electron chi connectivity index (χ3n) is 5.75. The molecule has 0 radical (unpaired) electrons. The summed E-state index contributed by atoms with van der Waals surface area (Å²) < 4.78 is 16.2. The van der Waals surface area contributed by atoms with E-state index in [0.717, 1.165) is 5.56 Å². The summed E-state index contributed by atoms with van der Waals surface area (Å²) in [5, 5.41) is 11.7. The van der Waals surface area contributed by atoms with Crippen LogP contribution in [0.2, 0.25) is 5.02 Å². The standard InChI is InChI=1S/C25H19ClN2O6/c1-13-9-16(24(32-2)17(26)10-13)22(29)20-21(14-5-7-27-8-6-14)28(25(31)23(20)30)15-3-4-18-19(11-15)34-12-33-18/h3-11,21,29H,12H2,1-2H3/b22-20+. The van der Waals surface area contributed by atoms with Crippen molar-refractivity contribution >= 4 is 34.7 Å². The maximum atomic E-state index is 13.3. The van der Waals surface area contributed by atoms with Gasteiger partial charge in [-0.2, -0.15) is 0 Å². The smallest absolute Gasteiger partial charge is 0.300 e. The van der Waals surface area contributed by atoms with Gasteiger partial charge in [-0.05, 0) is 54.4 Å². The molecule has 2 aliphatic heterocycles. The summed E-state index contributed by atoms with van der Waals surface area (Å²) in [4.78, 5) is 32.0. The highest BCUT2D eigenvalue weighted by atomic mass is 35.5. The highest BCUT2D eigenvalue weighted by Gasteiger charge is 2.47. The summed E-state index contributed by atoms with van der Waals surface area (Å²) in [6.07, 6.45) is 3.11. The van der Waals surface area contributed by atoms with E-state index in [2.05, 4.69) is 4.98 Å². The molecule has 1 saturated heterocycles. The number of aliphatic hydroxyl groups is 1. The van der Waals surface area contributed by atoms with Crippen LogP contribution in [0.3, 0.4) is 0 Å². The summed E-state index contributed by atoms with van der Waals surface area (Å²) >= 11 is 6.33. The SMILES string of the molecule is COc1c(Cl)cc(C)cc1/C(O)=C1\C(=O)C(=O)N(c2ccc3c(c2)OCO3)C1c1ccncc1. The van der Waals surface area contributed by atoms with E-state index in [9.17, 15) is 14.7 Å². The number of hydrogen-bond acceptors (Lipinski definition) is 7.